The second-order valence-electron chi connectivity index (χ2n) is 4.52. The third-order valence-electron chi connectivity index (χ3n) is 2.97. The van der Waals surface area contributed by atoms with Crippen LogP contribution in [-0.4, -0.2) is 9.97 Å². The Labute approximate surface area is 116 Å². The minimum absolute atomic E-state index is 0.529. The molecule has 0 spiro atoms. The van der Waals surface area contributed by atoms with Crippen LogP contribution in [-0.2, 0) is 0 Å². The number of hydrogen-bond donors (Lipinski definition) is 2. The van der Waals surface area contributed by atoms with Crippen molar-refractivity contribution in [2.24, 2.45) is 0 Å². The van der Waals surface area contributed by atoms with E-state index in [0.29, 0.717) is 28.7 Å². The minimum atomic E-state index is 0.529. The normalized spacial score (nSPS) is 10.7. The number of aromatic nitrogens is 2. The third kappa shape index (κ3) is 2.21. The molecule has 3 aromatic rings. The Morgan fingerprint density at radius 2 is 1.90 bits per heavy atom. The number of nitrogens with zero attached hydrogens (tertiary/aromatic N) is 2. The van der Waals surface area contributed by atoms with Gasteiger partial charge < -0.3 is 15.9 Å². The van der Waals surface area contributed by atoms with Crippen molar-refractivity contribution < 1.29 is 4.42 Å². The van der Waals surface area contributed by atoms with Crippen molar-refractivity contribution >= 4 is 11.4 Å². The Morgan fingerprint density at radius 1 is 1.05 bits per heavy atom. The molecule has 2 heterocycles. The molecule has 0 unspecified atom stereocenters. The monoisotopic (exact) mass is 266 g/mol. The number of furan rings is 1. The summed E-state index contributed by atoms with van der Waals surface area (Å²) < 4.78 is 5.57. The highest BCUT2D eigenvalue weighted by molar-refractivity contribution is 5.75. The molecule has 0 bridgehead atoms. The molecule has 20 heavy (non-hydrogen) atoms. The van der Waals surface area contributed by atoms with Gasteiger partial charge in [-0.1, -0.05) is 0 Å². The van der Waals surface area contributed by atoms with E-state index in [1.165, 1.54) is 0 Å². The molecule has 100 valence electrons. The van der Waals surface area contributed by atoms with Crippen LogP contribution in [0.15, 0.2) is 47.0 Å². The van der Waals surface area contributed by atoms with Crippen molar-refractivity contribution in [3.63, 3.8) is 0 Å². The van der Waals surface area contributed by atoms with E-state index in [-0.39, 0.29) is 0 Å². The Bertz CT molecular complexity index is 764. The van der Waals surface area contributed by atoms with Gasteiger partial charge in [-0.25, -0.2) is 9.97 Å². The average molecular weight is 266 g/mol. The summed E-state index contributed by atoms with van der Waals surface area (Å²) in [6.07, 6.45) is 1.68. The van der Waals surface area contributed by atoms with Crippen LogP contribution in [0.4, 0.5) is 11.4 Å². The maximum absolute atomic E-state index is 5.96. The molecule has 0 fully saturated rings. The van der Waals surface area contributed by atoms with Gasteiger partial charge in [0.25, 0.3) is 0 Å². The van der Waals surface area contributed by atoms with Gasteiger partial charge in [0.1, 0.15) is 11.5 Å². The van der Waals surface area contributed by atoms with Gasteiger partial charge in [-0.3, -0.25) is 0 Å². The molecule has 0 aliphatic carbocycles. The summed E-state index contributed by atoms with van der Waals surface area (Å²) in [5, 5.41) is 0. The van der Waals surface area contributed by atoms with Crippen molar-refractivity contribution in [1.82, 2.24) is 9.97 Å². The number of rotatable bonds is 2. The van der Waals surface area contributed by atoms with Crippen LogP contribution in [0.3, 0.4) is 0 Å². The molecule has 5 heteroatoms. The lowest BCUT2D eigenvalue weighted by Gasteiger charge is -2.06. The van der Waals surface area contributed by atoms with E-state index in [1.54, 1.807) is 30.5 Å². The standard InChI is InChI=1S/C15H14N4O/c1-9-2-5-14(20-9)13-6-7-18-15(19-13)11-8-10(16)3-4-12(11)17/h2-8H,16-17H2,1H3. The quantitative estimate of drug-likeness (QED) is 0.696. The molecule has 0 aliphatic heterocycles. The van der Waals surface area contributed by atoms with Gasteiger partial charge >= 0.3 is 0 Å². The van der Waals surface area contributed by atoms with Gasteiger partial charge in [0.2, 0.25) is 0 Å². The van der Waals surface area contributed by atoms with Gasteiger partial charge in [-0.15, -0.1) is 0 Å². The van der Waals surface area contributed by atoms with Crippen LogP contribution in [0, 0.1) is 6.92 Å². The first-order chi connectivity index (χ1) is 9.63. The largest absolute Gasteiger partial charge is 0.460 e. The fourth-order valence-electron chi connectivity index (χ4n) is 1.97. The molecule has 2 aromatic heterocycles. The lowest BCUT2D eigenvalue weighted by molar-refractivity contribution is 0.546. The molecule has 1 aromatic carbocycles. The van der Waals surface area contributed by atoms with Crippen LogP contribution < -0.4 is 11.5 Å². The third-order valence-corrected chi connectivity index (χ3v) is 2.97. The number of aryl methyl sites for hydroxylation is 1. The van der Waals surface area contributed by atoms with Crippen LogP contribution in [0.1, 0.15) is 5.76 Å². The van der Waals surface area contributed by atoms with Crippen molar-refractivity contribution in [3.8, 4) is 22.8 Å². The first kappa shape index (κ1) is 12.2. The lowest BCUT2D eigenvalue weighted by Crippen LogP contribution is -1.97. The van der Waals surface area contributed by atoms with Crippen LogP contribution in [0.5, 0.6) is 0 Å². The molecule has 0 aliphatic rings. The van der Waals surface area contributed by atoms with Crippen molar-refractivity contribution in [1.29, 1.82) is 0 Å². The highest BCUT2D eigenvalue weighted by Crippen LogP contribution is 2.27. The number of nitrogen functional groups attached to an aromatic ring is 2. The maximum atomic E-state index is 5.96. The van der Waals surface area contributed by atoms with Crippen molar-refractivity contribution in [3.05, 3.63) is 48.4 Å². The summed E-state index contributed by atoms with van der Waals surface area (Å²) in [7, 11) is 0. The smallest absolute Gasteiger partial charge is 0.162 e. The topological polar surface area (TPSA) is 91.0 Å². The average Bonchev–Trinajstić information content (AvgIpc) is 2.88. The van der Waals surface area contributed by atoms with E-state index in [1.807, 2.05) is 19.1 Å². The molecule has 0 radical (unpaired) electrons. The van der Waals surface area contributed by atoms with Gasteiger partial charge in [-0.2, -0.15) is 0 Å². The van der Waals surface area contributed by atoms with Crippen LogP contribution in [0.2, 0.25) is 0 Å². The van der Waals surface area contributed by atoms with E-state index in [9.17, 15) is 0 Å². The zero-order chi connectivity index (χ0) is 14.1. The van der Waals surface area contributed by atoms with E-state index in [2.05, 4.69) is 9.97 Å². The number of hydrogen-bond acceptors (Lipinski definition) is 5. The molecule has 0 amide bonds. The zero-order valence-electron chi connectivity index (χ0n) is 11.0. The summed E-state index contributed by atoms with van der Waals surface area (Å²) in [5.41, 5.74) is 14.4. The minimum Gasteiger partial charge on any atom is -0.460 e. The van der Waals surface area contributed by atoms with E-state index in [0.717, 1.165) is 11.3 Å². The molecule has 5 nitrogen and oxygen atoms in total. The molecule has 0 saturated carbocycles. The second-order valence-corrected chi connectivity index (χ2v) is 4.52. The van der Waals surface area contributed by atoms with Crippen LogP contribution >= 0.6 is 0 Å². The predicted molar refractivity (Wildman–Crippen MR) is 78.7 cm³/mol. The molecular weight excluding hydrogens is 252 g/mol. The van der Waals surface area contributed by atoms with Crippen molar-refractivity contribution in [2.45, 2.75) is 6.92 Å². The molecule has 4 N–H and O–H groups in total. The van der Waals surface area contributed by atoms with Gasteiger partial charge in [0, 0.05) is 23.1 Å². The molecule has 0 saturated heterocycles. The lowest BCUT2D eigenvalue weighted by atomic mass is 10.1. The Balaban J connectivity index is 2.09. The fourth-order valence-corrected chi connectivity index (χ4v) is 1.97. The Morgan fingerprint density at radius 3 is 2.65 bits per heavy atom. The number of benzene rings is 1. The first-order valence-electron chi connectivity index (χ1n) is 6.19. The van der Waals surface area contributed by atoms with E-state index < -0.39 is 0 Å². The van der Waals surface area contributed by atoms with Crippen molar-refractivity contribution in [2.75, 3.05) is 11.5 Å². The fraction of sp³-hybridized carbons (Fsp3) is 0.0667. The van der Waals surface area contributed by atoms with Crippen LogP contribution in [0.25, 0.3) is 22.8 Å². The van der Waals surface area contributed by atoms with Gasteiger partial charge in [0.05, 0.1) is 0 Å². The first-order valence-corrected chi connectivity index (χ1v) is 6.19. The molecular formula is C15H14N4O. The summed E-state index contributed by atoms with van der Waals surface area (Å²) in [4.78, 5) is 8.74. The predicted octanol–water partition coefficient (Wildman–Crippen LogP) is 2.88. The number of nitrogens with two attached hydrogens (primary N) is 2. The van der Waals surface area contributed by atoms with E-state index >= 15 is 0 Å². The Kier molecular flexibility index (Phi) is 2.87. The van der Waals surface area contributed by atoms with E-state index in [4.69, 9.17) is 15.9 Å². The summed E-state index contributed by atoms with van der Waals surface area (Å²) >= 11 is 0. The molecule has 3 rings (SSSR count). The summed E-state index contributed by atoms with van der Waals surface area (Å²) in [5.74, 6) is 2.07. The highest BCUT2D eigenvalue weighted by atomic mass is 16.3. The second kappa shape index (κ2) is 4.70. The Hall–Kier alpha value is -2.82. The zero-order valence-corrected chi connectivity index (χ0v) is 11.0. The summed E-state index contributed by atoms with van der Waals surface area (Å²) in [6.45, 7) is 1.89. The number of anilines is 2. The maximum Gasteiger partial charge on any atom is 0.162 e. The van der Waals surface area contributed by atoms with Gasteiger partial charge in [-0.05, 0) is 43.3 Å². The SMILES string of the molecule is Cc1ccc(-c2ccnc(-c3cc(N)ccc3N)n2)o1. The molecule has 0 atom stereocenters. The van der Waals surface area contributed by atoms with Gasteiger partial charge in [0.15, 0.2) is 11.6 Å². The summed E-state index contributed by atoms with van der Waals surface area (Å²) in [6, 6.07) is 10.8. The highest BCUT2D eigenvalue weighted by Gasteiger charge is 2.10.